The molecule has 0 aromatic carbocycles. The Hall–Kier alpha value is -1.20. The van der Waals surface area contributed by atoms with Crippen LogP contribution in [-0.4, -0.2) is 9.97 Å². The maximum atomic E-state index is 5.42. The molecule has 0 spiro atoms. The number of nitrogens with one attached hydrogen (secondary N) is 1. The fourth-order valence-electron chi connectivity index (χ4n) is 1.81. The number of nitrogens with zero attached hydrogens (tertiary/aromatic N) is 2. The molecule has 1 unspecified atom stereocenters. The minimum absolute atomic E-state index is 0.579. The van der Waals surface area contributed by atoms with E-state index in [1.807, 2.05) is 0 Å². The van der Waals surface area contributed by atoms with E-state index in [0.29, 0.717) is 11.7 Å². The Balaban J connectivity index is 2.43. The summed E-state index contributed by atoms with van der Waals surface area (Å²) in [5.41, 5.74) is 2.61. The zero-order valence-corrected chi connectivity index (χ0v) is 10.3. The molecule has 3 N–H and O–H groups in total. The highest BCUT2D eigenvalue weighted by atomic mass is 32.1. The molecule has 2 aromatic heterocycles. The Morgan fingerprint density at radius 3 is 3.00 bits per heavy atom. The standard InChI is InChI=1S/C11H16N4S/c1-3-4-7(2)9-5-8-10(15-12)13-6-14-11(8)16-9/h5-7H,3-4,12H2,1-2H3,(H,13,14,15). The molecule has 0 saturated carbocycles. The predicted octanol–water partition coefficient (Wildman–Crippen LogP) is 2.88. The van der Waals surface area contributed by atoms with Crippen molar-refractivity contribution in [1.29, 1.82) is 0 Å². The fraction of sp³-hybridized carbons (Fsp3) is 0.455. The molecule has 1 atom stereocenters. The van der Waals surface area contributed by atoms with E-state index < -0.39 is 0 Å². The first-order valence-electron chi connectivity index (χ1n) is 5.47. The quantitative estimate of drug-likeness (QED) is 0.633. The molecule has 0 aliphatic rings. The van der Waals surface area contributed by atoms with Crippen molar-refractivity contribution in [3.63, 3.8) is 0 Å². The Morgan fingerprint density at radius 1 is 1.50 bits per heavy atom. The average molecular weight is 236 g/mol. The molecule has 16 heavy (non-hydrogen) atoms. The summed E-state index contributed by atoms with van der Waals surface area (Å²) in [6.45, 7) is 4.45. The second-order valence-electron chi connectivity index (χ2n) is 3.92. The first-order valence-corrected chi connectivity index (χ1v) is 6.29. The first-order chi connectivity index (χ1) is 7.76. The zero-order chi connectivity index (χ0) is 11.5. The van der Waals surface area contributed by atoms with E-state index in [9.17, 15) is 0 Å². The lowest BCUT2D eigenvalue weighted by atomic mass is 10.0. The van der Waals surface area contributed by atoms with E-state index in [4.69, 9.17) is 5.84 Å². The number of nitrogens with two attached hydrogens (primary N) is 1. The minimum atomic E-state index is 0.579. The SMILES string of the molecule is CCCC(C)c1cc2c(NN)ncnc2s1. The summed E-state index contributed by atoms with van der Waals surface area (Å²) in [4.78, 5) is 10.7. The van der Waals surface area contributed by atoms with Gasteiger partial charge in [0.25, 0.3) is 0 Å². The van der Waals surface area contributed by atoms with E-state index >= 15 is 0 Å². The Bertz CT molecular complexity index is 480. The van der Waals surface area contributed by atoms with Crippen molar-refractivity contribution in [3.05, 3.63) is 17.3 Å². The largest absolute Gasteiger partial charge is 0.308 e. The van der Waals surface area contributed by atoms with Gasteiger partial charge in [0.1, 0.15) is 11.2 Å². The van der Waals surface area contributed by atoms with Crippen LogP contribution in [0.5, 0.6) is 0 Å². The molecular formula is C11H16N4S. The molecule has 2 heterocycles. The molecule has 0 aliphatic heterocycles. The molecule has 0 aliphatic carbocycles. The average Bonchev–Trinajstić information content (AvgIpc) is 2.72. The number of nitrogen functional groups attached to an aromatic ring is 1. The van der Waals surface area contributed by atoms with E-state index in [-0.39, 0.29) is 0 Å². The topological polar surface area (TPSA) is 63.8 Å². The zero-order valence-electron chi connectivity index (χ0n) is 9.53. The lowest BCUT2D eigenvalue weighted by molar-refractivity contribution is 0.675. The van der Waals surface area contributed by atoms with Crippen molar-refractivity contribution in [2.24, 2.45) is 5.84 Å². The van der Waals surface area contributed by atoms with Crippen LogP contribution in [-0.2, 0) is 0 Å². The molecule has 4 nitrogen and oxygen atoms in total. The van der Waals surface area contributed by atoms with Gasteiger partial charge in [0.15, 0.2) is 5.82 Å². The first kappa shape index (κ1) is 11.3. The molecule has 5 heteroatoms. The monoisotopic (exact) mass is 236 g/mol. The van der Waals surface area contributed by atoms with Gasteiger partial charge in [0.05, 0.1) is 5.39 Å². The smallest absolute Gasteiger partial charge is 0.152 e. The summed E-state index contributed by atoms with van der Waals surface area (Å²) in [5.74, 6) is 6.71. The highest BCUT2D eigenvalue weighted by Crippen LogP contribution is 2.33. The molecule has 2 rings (SSSR count). The van der Waals surface area contributed by atoms with Crippen molar-refractivity contribution in [2.45, 2.75) is 32.6 Å². The molecular weight excluding hydrogens is 220 g/mol. The summed E-state index contributed by atoms with van der Waals surface area (Å²) in [7, 11) is 0. The number of hydrazine groups is 1. The number of aromatic nitrogens is 2. The number of thiophene rings is 1. The highest BCUT2D eigenvalue weighted by molar-refractivity contribution is 7.18. The van der Waals surface area contributed by atoms with Crippen LogP contribution in [0.2, 0.25) is 0 Å². The fourth-order valence-corrected chi connectivity index (χ4v) is 2.89. The minimum Gasteiger partial charge on any atom is -0.308 e. The van der Waals surface area contributed by atoms with Crippen LogP contribution in [0.4, 0.5) is 5.82 Å². The van der Waals surface area contributed by atoms with Crippen molar-refractivity contribution in [2.75, 3.05) is 5.43 Å². The van der Waals surface area contributed by atoms with Crippen molar-refractivity contribution >= 4 is 27.4 Å². The molecule has 0 fully saturated rings. The van der Waals surface area contributed by atoms with Gasteiger partial charge in [-0.05, 0) is 18.4 Å². The van der Waals surface area contributed by atoms with Gasteiger partial charge in [-0.1, -0.05) is 20.3 Å². The summed E-state index contributed by atoms with van der Waals surface area (Å²) in [5, 5.41) is 1.02. The number of fused-ring (bicyclic) bond motifs is 1. The number of rotatable bonds is 4. The highest BCUT2D eigenvalue weighted by Gasteiger charge is 2.12. The van der Waals surface area contributed by atoms with Crippen LogP contribution in [0.15, 0.2) is 12.4 Å². The number of anilines is 1. The third-order valence-electron chi connectivity index (χ3n) is 2.69. The van der Waals surface area contributed by atoms with Crippen LogP contribution < -0.4 is 11.3 Å². The van der Waals surface area contributed by atoms with Crippen molar-refractivity contribution in [1.82, 2.24) is 9.97 Å². The van der Waals surface area contributed by atoms with Gasteiger partial charge in [0.2, 0.25) is 0 Å². The van der Waals surface area contributed by atoms with Gasteiger partial charge < -0.3 is 5.43 Å². The second kappa shape index (κ2) is 4.76. The Kier molecular flexibility index (Phi) is 3.36. The van der Waals surface area contributed by atoms with Gasteiger partial charge in [0, 0.05) is 4.88 Å². The van der Waals surface area contributed by atoms with Crippen LogP contribution in [0.3, 0.4) is 0 Å². The van der Waals surface area contributed by atoms with Crippen LogP contribution in [0.1, 0.15) is 37.5 Å². The van der Waals surface area contributed by atoms with Crippen LogP contribution in [0, 0.1) is 0 Å². The van der Waals surface area contributed by atoms with E-state index in [1.165, 1.54) is 17.7 Å². The Labute approximate surface area is 98.9 Å². The Morgan fingerprint density at radius 2 is 2.31 bits per heavy atom. The van der Waals surface area contributed by atoms with Crippen LogP contribution >= 0.6 is 11.3 Å². The summed E-state index contributed by atoms with van der Waals surface area (Å²) in [6.07, 6.45) is 3.94. The lowest BCUT2D eigenvalue weighted by Crippen LogP contribution is -2.08. The second-order valence-corrected chi connectivity index (χ2v) is 4.99. The summed E-state index contributed by atoms with van der Waals surface area (Å²) < 4.78 is 0. The molecule has 86 valence electrons. The van der Waals surface area contributed by atoms with Gasteiger partial charge in [-0.3, -0.25) is 0 Å². The molecule has 2 aromatic rings. The van der Waals surface area contributed by atoms with Gasteiger partial charge in [-0.2, -0.15) is 0 Å². The predicted molar refractivity (Wildman–Crippen MR) is 68.5 cm³/mol. The normalized spacial score (nSPS) is 12.9. The van der Waals surface area contributed by atoms with E-state index in [1.54, 1.807) is 17.7 Å². The van der Waals surface area contributed by atoms with Crippen molar-refractivity contribution < 1.29 is 0 Å². The third kappa shape index (κ3) is 2.01. The van der Waals surface area contributed by atoms with Crippen molar-refractivity contribution in [3.8, 4) is 0 Å². The molecule has 0 saturated heterocycles. The number of hydrogen-bond donors (Lipinski definition) is 2. The maximum Gasteiger partial charge on any atom is 0.152 e. The molecule has 0 bridgehead atoms. The molecule has 0 radical (unpaired) electrons. The summed E-state index contributed by atoms with van der Waals surface area (Å²) in [6, 6.07) is 2.15. The van der Waals surface area contributed by atoms with E-state index in [2.05, 4.69) is 35.3 Å². The lowest BCUT2D eigenvalue weighted by Gasteiger charge is -2.05. The number of hydrogen-bond acceptors (Lipinski definition) is 5. The summed E-state index contributed by atoms with van der Waals surface area (Å²) >= 11 is 1.73. The van der Waals surface area contributed by atoms with Gasteiger partial charge >= 0.3 is 0 Å². The maximum absolute atomic E-state index is 5.42. The third-order valence-corrected chi connectivity index (χ3v) is 3.97. The van der Waals surface area contributed by atoms with Gasteiger partial charge in [-0.15, -0.1) is 11.3 Å². The van der Waals surface area contributed by atoms with Gasteiger partial charge in [-0.25, -0.2) is 15.8 Å². The molecule has 0 amide bonds. The van der Waals surface area contributed by atoms with E-state index in [0.717, 1.165) is 10.2 Å². The van der Waals surface area contributed by atoms with Crippen LogP contribution in [0.25, 0.3) is 10.2 Å².